The molecule has 2 aromatic rings. The van der Waals surface area contributed by atoms with Gasteiger partial charge in [0.2, 0.25) is 0 Å². The highest BCUT2D eigenvalue weighted by atomic mass is 16.5. The fourth-order valence-corrected chi connectivity index (χ4v) is 2.26. The molecule has 0 aliphatic rings. The van der Waals surface area contributed by atoms with Crippen molar-refractivity contribution in [3.05, 3.63) is 35.5 Å². The van der Waals surface area contributed by atoms with Crippen molar-refractivity contribution < 1.29 is 9.84 Å². The molecule has 0 fully saturated rings. The van der Waals surface area contributed by atoms with E-state index in [2.05, 4.69) is 41.7 Å². The van der Waals surface area contributed by atoms with Crippen molar-refractivity contribution in [2.45, 2.75) is 19.9 Å². The topological polar surface area (TPSA) is 34.4 Å². The van der Waals surface area contributed by atoms with Crippen LogP contribution in [0.5, 0.6) is 0 Å². The smallest absolute Gasteiger partial charge is 0.104 e. The Morgan fingerprint density at radius 2 is 2.21 bits per heavy atom. The molecule has 2 rings (SSSR count). The maximum absolute atomic E-state index is 8.75. The van der Waals surface area contributed by atoms with E-state index in [4.69, 9.17) is 9.84 Å². The van der Waals surface area contributed by atoms with Crippen LogP contribution >= 0.6 is 0 Å². The second kappa shape index (κ2) is 6.42. The zero-order valence-corrected chi connectivity index (χ0v) is 11.4. The first-order valence-electron chi connectivity index (χ1n) is 6.44. The molecule has 1 heterocycles. The lowest BCUT2D eigenvalue weighted by atomic mass is 10.1. The number of rotatable bonds is 4. The number of aliphatic hydroxyl groups is 1. The molecule has 0 atom stereocenters. The number of hydrogen-bond acceptors (Lipinski definition) is 2. The Balaban J connectivity index is 2.35. The van der Waals surface area contributed by atoms with Gasteiger partial charge in [0.05, 0.1) is 0 Å². The minimum absolute atomic E-state index is 0.105. The Kier molecular flexibility index (Phi) is 4.62. The van der Waals surface area contributed by atoms with E-state index in [1.807, 2.05) is 6.07 Å². The van der Waals surface area contributed by atoms with Gasteiger partial charge in [-0.1, -0.05) is 17.9 Å². The standard InChI is InChI=1S/C16H19NO2/c1-13-12-17(8-4-10-19-2)16-11-14(5-3-9-18)6-7-15(13)16/h6-7,11-12,18H,4,8-10H2,1-2H3. The number of aliphatic hydroxyl groups excluding tert-OH is 1. The predicted octanol–water partition coefficient (Wildman–Crippen LogP) is 2.33. The Bertz CT molecular complexity index is 617. The molecule has 100 valence electrons. The van der Waals surface area contributed by atoms with Gasteiger partial charge in [-0.25, -0.2) is 0 Å². The van der Waals surface area contributed by atoms with Crippen molar-refractivity contribution >= 4 is 10.9 Å². The van der Waals surface area contributed by atoms with Crippen molar-refractivity contribution in [2.24, 2.45) is 0 Å². The zero-order chi connectivity index (χ0) is 13.7. The molecule has 0 aliphatic heterocycles. The van der Waals surface area contributed by atoms with Crippen LogP contribution in [0.3, 0.4) is 0 Å². The molecular formula is C16H19NO2. The highest BCUT2D eigenvalue weighted by Crippen LogP contribution is 2.22. The molecule has 3 nitrogen and oxygen atoms in total. The number of ether oxygens (including phenoxy) is 1. The minimum Gasteiger partial charge on any atom is -0.385 e. The lowest BCUT2D eigenvalue weighted by Gasteiger charge is -2.05. The fraction of sp³-hybridized carbons (Fsp3) is 0.375. The van der Waals surface area contributed by atoms with Gasteiger partial charge >= 0.3 is 0 Å². The van der Waals surface area contributed by atoms with Crippen LogP contribution in [-0.4, -0.2) is 30.0 Å². The zero-order valence-electron chi connectivity index (χ0n) is 11.4. The molecule has 0 aliphatic carbocycles. The lowest BCUT2D eigenvalue weighted by Crippen LogP contribution is -2.00. The summed E-state index contributed by atoms with van der Waals surface area (Å²) >= 11 is 0. The quantitative estimate of drug-likeness (QED) is 0.674. The van der Waals surface area contributed by atoms with Gasteiger partial charge in [0.15, 0.2) is 0 Å². The summed E-state index contributed by atoms with van der Waals surface area (Å²) in [5.74, 6) is 5.64. The molecular weight excluding hydrogens is 238 g/mol. The molecule has 0 bridgehead atoms. The molecule has 0 radical (unpaired) electrons. The van der Waals surface area contributed by atoms with Crippen molar-refractivity contribution in [1.82, 2.24) is 4.57 Å². The van der Waals surface area contributed by atoms with Crippen LogP contribution in [-0.2, 0) is 11.3 Å². The number of hydrogen-bond donors (Lipinski definition) is 1. The lowest BCUT2D eigenvalue weighted by molar-refractivity contribution is 0.190. The fourth-order valence-electron chi connectivity index (χ4n) is 2.26. The summed E-state index contributed by atoms with van der Waals surface area (Å²) in [4.78, 5) is 0. The van der Waals surface area contributed by atoms with Crippen LogP contribution < -0.4 is 0 Å². The molecule has 19 heavy (non-hydrogen) atoms. The van der Waals surface area contributed by atoms with E-state index in [-0.39, 0.29) is 6.61 Å². The predicted molar refractivity (Wildman–Crippen MR) is 77.1 cm³/mol. The van der Waals surface area contributed by atoms with Crippen LogP contribution in [0, 0.1) is 18.8 Å². The second-order valence-electron chi connectivity index (χ2n) is 4.54. The molecule has 0 spiro atoms. The van der Waals surface area contributed by atoms with Crippen molar-refractivity contribution in [1.29, 1.82) is 0 Å². The van der Waals surface area contributed by atoms with Crippen molar-refractivity contribution in [2.75, 3.05) is 20.3 Å². The van der Waals surface area contributed by atoms with Crippen LogP contribution in [0.2, 0.25) is 0 Å². The molecule has 0 unspecified atom stereocenters. The van der Waals surface area contributed by atoms with Gasteiger partial charge in [-0.3, -0.25) is 0 Å². The normalized spacial score (nSPS) is 10.5. The summed E-state index contributed by atoms with van der Waals surface area (Å²) in [7, 11) is 1.72. The van der Waals surface area contributed by atoms with Crippen LogP contribution in [0.25, 0.3) is 10.9 Å². The largest absolute Gasteiger partial charge is 0.385 e. The van der Waals surface area contributed by atoms with Gasteiger partial charge in [0.25, 0.3) is 0 Å². The maximum atomic E-state index is 8.75. The Hall–Kier alpha value is -1.76. The first-order valence-corrected chi connectivity index (χ1v) is 6.44. The number of benzene rings is 1. The third kappa shape index (κ3) is 3.17. The summed E-state index contributed by atoms with van der Waals surface area (Å²) in [5, 5.41) is 10.0. The number of aryl methyl sites for hydroxylation is 2. The highest BCUT2D eigenvalue weighted by Gasteiger charge is 2.05. The third-order valence-corrected chi connectivity index (χ3v) is 3.14. The molecule has 1 aromatic heterocycles. The molecule has 1 N–H and O–H groups in total. The van der Waals surface area contributed by atoms with E-state index < -0.39 is 0 Å². The van der Waals surface area contributed by atoms with Gasteiger partial charge < -0.3 is 14.4 Å². The first kappa shape index (κ1) is 13.7. The summed E-state index contributed by atoms with van der Waals surface area (Å²) in [5.41, 5.74) is 3.40. The maximum Gasteiger partial charge on any atom is 0.104 e. The summed E-state index contributed by atoms with van der Waals surface area (Å²) in [6.45, 7) is 3.72. The average Bonchev–Trinajstić information content (AvgIpc) is 2.73. The van der Waals surface area contributed by atoms with Crippen LogP contribution in [0.15, 0.2) is 24.4 Å². The van der Waals surface area contributed by atoms with E-state index in [9.17, 15) is 0 Å². The van der Waals surface area contributed by atoms with Crippen molar-refractivity contribution in [3.8, 4) is 11.8 Å². The highest BCUT2D eigenvalue weighted by molar-refractivity contribution is 5.85. The van der Waals surface area contributed by atoms with E-state index in [0.29, 0.717) is 0 Å². The molecule has 3 heteroatoms. The minimum atomic E-state index is -0.105. The molecule has 0 saturated carbocycles. The van der Waals surface area contributed by atoms with Crippen molar-refractivity contribution in [3.63, 3.8) is 0 Å². The van der Waals surface area contributed by atoms with Gasteiger partial charge in [-0.2, -0.15) is 0 Å². The summed E-state index contributed by atoms with van der Waals surface area (Å²) in [6, 6.07) is 6.17. The van der Waals surface area contributed by atoms with E-state index in [1.54, 1.807) is 7.11 Å². The van der Waals surface area contributed by atoms with Crippen LogP contribution in [0.4, 0.5) is 0 Å². The van der Waals surface area contributed by atoms with E-state index in [1.165, 1.54) is 16.5 Å². The summed E-state index contributed by atoms with van der Waals surface area (Å²) in [6.07, 6.45) is 3.16. The van der Waals surface area contributed by atoms with E-state index in [0.717, 1.165) is 25.1 Å². The molecule has 1 aromatic carbocycles. The number of fused-ring (bicyclic) bond motifs is 1. The Morgan fingerprint density at radius 3 is 2.95 bits per heavy atom. The average molecular weight is 257 g/mol. The first-order chi connectivity index (χ1) is 9.26. The van der Waals surface area contributed by atoms with Gasteiger partial charge in [0.1, 0.15) is 6.61 Å². The SMILES string of the molecule is COCCCn1cc(C)c2ccc(C#CCO)cc21. The monoisotopic (exact) mass is 257 g/mol. The van der Waals surface area contributed by atoms with Gasteiger partial charge in [-0.05, 0) is 31.0 Å². The second-order valence-corrected chi connectivity index (χ2v) is 4.54. The Labute approximate surface area is 113 Å². The Morgan fingerprint density at radius 1 is 1.37 bits per heavy atom. The number of nitrogens with zero attached hydrogens (tertiary/aromatic N) is 1. The number of aromatic nitrogens is 1. The molecule has 0 amide bonds. The van der Waals surface area contributed by atoms with Crippen LogP contribution in [0.1, 0.15) is 17.5 Å². The molecule has 0 saturated heterocycles. The number of methoxy groups -OCH3 is 1. The summed E-state index contributed by atoms with van der Waals surface area (Å²) < 4.78 is 7.34. The van der Waals surface area contributed by atoms with Gasteiger partial charge in [0, 0.05) is 42.9 Å². The third-order valence-electron chi connectivity index (χ3n) is 3.14. The van der Waals surface area contributed by atoms with Gasteiger partial charge in [-0.15, -0.1) is 0 Å². The van der Waals surface area contributed by atoms with E-state index >= 15 is 0 Å².